The van der Waals surface area contributed by atoms with Gasteiger partial charge < -0.3 is 19.4 Å². The summed E-state index contributed by atoms with van der Waals surface area (Å²) in [5.41, 5.74) is 3.74. The van der Waals surface area contributed by atoms with Gasteiger partial charge in [0.25, 0.3) is 5.91 Å². The van der Waals surface area contributed by atoms with Crippen molar-refractivity contribution in [1.29, 1.82) is 0 Å². The number of amides is 1. The Morgan fingerprint density at radius 2 is 1.75 bits per heavy atom. The maximum atomic E-state index is 12.6. The molecule has 4 aromatic rings. The van der Waals surface area contributed by atoms with Crippen molar-refractivity contribution in [1.82, 2.24) is 14.9 Å². The first kappa shape index (κ1) is 21.9. The summed E-state index contributed by atoms with van der Waals surface area (Å²) in [5, 5.41) is 2.98. The first-order chi connectivity index (χ1) is 15.6. The van der Waals surface area contributed by atoms with Crippen molar-refractivity contribution >= 4 is 32.9 Å². The highest BCUT2D eigenvalue weighted by atomic mass is 79.9. The summed E-state index contributed by atoms with van der Waals surface area (Å²) < 4.78 is 13.8. The zero-order valence-corrected chi connectivity index (χ0v) is 19.6. The van der Waals surface area contributed by atoms with Gasteiger partial charge in [0.2, 0.25) is 0 Å². The zero-order valence-electron chi connectivity index (χ0n) is 18.0. The first-order valence-electron chi connectivity index (χ1n) is 10.3. The number of nitrogens with one attached hydrogen (secondary N) is 1. The molecule has 1 aromatic heterocycles. The molecule has 0 aliphatic heterocycles. The third-order valence-electron chi connectivity index (χ3n) is 5.27. The standard InChI is InChI=1S/C25H24BrN3O3/c1-31-22-12-9-18(15-23(22)32-2)25(30)27-14-13-24-28-20-5-3-4-6-21(20)29(24)16-17-7-10-19(26)11-8-17/h3-12,15H,13-14,16H2,1-2H3,(H,27,30). The van der Waals surface area contributed by atoms with Gasteiger partial charge in [0, 0.05) is 29.5 Å². The van der Waals surface area contributed by atoms with Crippen LogP contribution in [-0.2, 0) is 13.0 Å². The summed E-state index contributed by atoms with van der Waals surface area (Å²) >= 11 is 3.49. The van der Waals surface area contributed by atoms with Gasteiger partial charge in [0.1, 0.15) is 5.82 Å². The Balaban J connectivity index is 1.49. The van der Waals surface area contributed by atoms with Gasteiger partial charge >= 0.3 is 0 Å². The average Bonchev–Trinajstić information content (AvgIpc) is 3.17. The number of ether oxygens (including phenoxy) is 2. The van der Waals surface area contributed by atoms with Crippen LogP contribution in [0.5, 0.6) is 11.5 Å². The van der Waals surface area contributed by atoms with Crippen LogP contribution in [-0.4, -0.2) is 36.2 Å². The molecule has 32 heavy (non-hydrogen) atoms. The fraction of sp³-hybridized carbons (Fsp3) is 0.200. The molecule has 6 nitrogen and oxygen atoms in total. The van der Waals surface area contributed by atoms with E-state index in [9.17, 15) is 4.79 Å². The molecular weight excluding hydrogens is 470 g/mol. The molecule has 3 aromatic carbocycles. The van der Waals surface area contributed by atoms with Crippen molar-refractivity contribution in [2.75, 3.05) is 20.8 Å². The monoisotopic (exact) mass is 493 g/mol. The van der Waals surface area contributed by atoms with Crippen LogP contribution in [0.4, 0.5) is 0 Å². The van der Waals surface area contributed by atoms with Crippen LogP contribution in [0.25, 0.3) is 11.0 Å². The average molecular weight is 494 g/mol. The molecule has 0 bridgehead atoms. The van der Waals surface area contributed by atoms with Gasteiger partial charge in [-0.1, -0.05) is 40.2 Å². The molecule has 1 amide bonds. The molecule has 0 aliphatic carbocycles. The third-order valence-corrected chi connectivity index (χ3v) is 5.80. The molecule has 4 rings (SSSR count). The van der Waals surface area contributed by atoms with Crippen LogP contribution < -0.4 is 14.8 Å². The summed E-state index contributed by atoms with van der Waals surface area (Å²) in [7, 11) is 3.12. The lowest BCUT2D eigenvalue weighted by Crippen LogP contribution is -2.26. The van der Waals surface area contributed by atoms with Gasteiger partial charge in [-0.05, 0) is 48.0 Å². The number of benzene rings is 3. The van der Waals surface area contributed by atoms with Gasteiger partial charge in [-0.2, -0.15) is 0 Å². The lowest BCUT2D eigenvalue weighted by Gasteiger charge is -2.11. The molecule has 0 saturated carbocycles. The Kier molecular flexibility index (Phi) is 6.75. The number of para-hydroxylation sites is 2. The fourth-order valence-electron chi connectivity index (χ4n) is 3.63. The number of imidazole rings is 1. The van der Waals surface area contributed by atoms with E-state index in [0.717, 1.165) is 21.3 Å². The number of fused-ring (bicyclic) bond motifs is 1. The van der Waals surface area contributed by atoms with E-state index in [2.05, 4.69) is 44.0 Å². The maximum absolute atomic E-state index is 12.6. The molecular formula is C25H24BrN3O3. The van der Waals surface area contributed by atoms with E-state index < -0.39 is 0 Å². The van der Waals surface area contributed by atoms with Crippen molar-refractivity contribution in [2.45, 2.75) is 13.0 Å². The summed E-state index contributed by atoms with van der Waals surface area (Å²) in [6.07, 6.45) is 0.615. The molecule has 7 heteroatoms. The van der Waals surface area contributed by atoms with Crippen molar-refractivity contribution in [3.63, 3.8) is 0 Å². The van der Waals surface area contributed by atoms with Crippen LogP contribution in [0, 0.1) is 0 Å². The maximum Gasteiger partial charge on any atom is 0.251 e. The fourth-order valence-corrected chi connectivity index (χ4v) is 3.90. The minimum absolute atomic E-state index is 0.165. The second-order valence-corrected chi connectivity index (χ2v) is 8.22. The predicted octanol–water partition coefficient (Wildman–Crippen LogP) is 4.84. The molecule has 0 atom stereocenters. The largest absolute Gasteiger partial charge is 0.493 e. The Labute approximate surface area is 195 Å². The summed E-state index contributed by atoms with van der Waals surface area (Å²) in [5.74, 6) is 1.88. The molecule has 1 N–H and O–H groups in total. The molecule has 1 heterocycles. The second-order valence-electron chi connectivity index (χ2n) is 7.31. The SMILES string of the molecule is COc1ccc(C(=O)NCCc2nc3ccccc3n2Cc2ccc(Br)cc2)cc1OC. The van der Waals surface area contributed by atoms with Crippen LogP contribution >= 0.6 is 15.9 Å². The summed E-state index contributed by atoms with van der Waals surface area (Å²) in [6.45, 7) is 1.18. The van der Waals surface area contributed by atoms with Crippen molar-refractivity contribution in [2.24, 2.45) is 0 Å². The third kappa shape index (κ3) is 4.78. The highest BCUT2D eigenvalue weighted by Crippen LogP contribution is 2.27. The van der Waals surface area contributed by atoms with E-state index in [-0.39, 0.29) is 5.91 Å². The Bertz CT molecular complexity index is 1240. The molecule has 0 fully saturated rings. The van der Waals surface area contributed by atoms with Gasteiger partial charge in [0.05, 0.1) is 25.3 Å². The lowest BCUT2D eigenvalue weighted by atomic mass is 10.2. The van der Waals surface area contributed by atoms with E-state index in [4.69, 9.17) is 14.5 Å². The highest BCUT2D eigenvalue weighted by Gasteiger charge is 2.13. The number of hydrogen-bond donors (Lipinski definition) is 1. The smallest absolute Gasteiger partial charge is 0.251 e. The number of nitrogens with zero attached hydrogens (tertiary/aromatic N) is 2. The Morgan fingerprint density at radius 3 is 2.50 bits per heavy atom. The van der Waals surface area contributed by atoms with E-state index >= 15 is 0 Å². The predicted molar refractivity (Wildman–Crippen MR) is 129 cm³/mol. The highest BCUT2D eigenvalue weighted by molar-refractivity contribution is 9.10. The molecule has 0 unspecified atom stereocenters. The molecule has 164 valence electrons. The van der Waals surface area contributed by atoms with Crippen molar-refractivity contribution < 1.29 is 14.3 Å². The number of methoxy groups -OCH3 is 2. The minimum Gasteiger partial charge on any atom is -0.493 e. The van der Waals surface area contributed by atoms with E-state index in [1.54, 1.807) is 32.4 Å². The van der Waals surface area contributed by atoms with Crippen molar-refractivity contribution in [3.8, 4) is 11.5 Å². The number of aromatic nitrogens is 2. The number of halogens is 1. The molecule has 0 saturated heterocycles. The molecule has 0 aliphatic rings. The number of rotatable bonds is 8. The summed E-state index contributed by atoms with van der Waals surface area (Å²) in [4.78, 5) is 17.5. The number of carbonyl (C=O) groups excluding carboxylic acids is 1. The minimum atomic E-state index is -0.165. The van der Waals surface area contributed by atoms with E-state index in [0.29, 0.717) is 36.6 Å². The van der Waals surface area contributed by atoms with Crippen LogP contribution in [0.2, 0.25) is 0 Å². The van der Waals surface area contributed by atoms with Gasteiger partial charge in [0.15, 0.2) is 11.5 Å². The van der Waals surface area contributed by atoms with Crippen molar-refractivity contribution in [3.05, 3.63) is 88.2 Å². The van der Waals surface area contributed by atoms with Gasteiger partial charge in [-0.25, -0.2) is 4.98 Å². The van der Waals surface area contributed by atoms with E-state index in [1.807, 2.05) is 30.3 Å². The van der Waals surface area contributed by atoms with Gasteiger partial charge in [-0.15, -0.1) is 0 Å². The zero-order chi connectivity index (χ0) is 22.5. The quantitative estimate of drug-likeness (QED) is 0.381. The van der Waals surface area contributed by atoms with Crippen LogP contribution in [0.1, 0.15) is 21.7 Å². The number of hydrogen-bond acceptors (Lipinski definition) is 4. The summed E-state index contributed by atoms with van der Waals surface area (Å²) in [6, 6.07) is 21.5. The first-order valence-corrected chi connectivity index (χ1v) is 11.1. The molecule has 0 radical (unpaired) electrons. The van der Waals surface area contributed by atoms with E-state index in [1.165, 1.54) is 5.56 Å². The molecule has 0 spiro atoms. The Hall–Kier alpha value is -3.32. The normalized spacial score (nSPS) is 10.8. The Morgan fingerprint density at radius 1 is 1.00 bits per heavy atom. The van der Waals surface area contributed by atoms with Gasteiger partial charge in [-0.3, -0.25) is 4.79 Å². The van der Waals surface area contributed by atoms with Crippen LogP contribution in [0.3, 0.4) is 0 Å². The van der Waals surface area contributed by atoms with Crippen LogP contribution in [0.15, 0.2) is 71.2 Å². The number of carbonyl (C=O) groups is 1. The topological polar surface area (TPSA) is 65.4 Å². The lowest BCUT2D eigenvalue weighted by molar-refractivity contribution is 0.0953. The second kappa shape index (κ2) is 9.87.